The quantitative estimate of drug-likeness (QED) is 0.840. The molecule has 1 amide bonds. The Morgan fingerprint density at radius 2 is 2.00 bits per heavy atom. The zero-order valence-corrected chi connectivity index (χ0v) is 15.0. The molecule has 0 saturated heterocycles. The SMILES string of the molecule is CNC(=O)COc1cc(C)n(Cc2ccc(C#CC3CC3)cc2)c(=O)c1. The molecule has 1 aromatic carbocycles. The van der Waals surface area contributed by atoms with Crippen molar-refractivity contribution in [2.24, 2.45) is 5.92 Å². The van der Waals surface area contributed by atoms with Crippen LogP contribution in [0.15, 0.2) is 41.2 Å². The molecule has 0 aliphatic heterocycles. The summed E-state index contributed by atoms with van der Waals surface area (Å²) < 4.78 is 7.03. The second-order valence-corrected chi connectivity index (χ2v) is 6.46. The number of pyridine rings is 1. The number of likely N-dealkylation sites (N-methyl/N-ethyl adjacent to an activating group) is 1. The monoisotopic (exact) mass is 350 g/mol. The second-order valence-electron chi connectivity index (χ2n) is 6.46. The number of rotatable bonds is 5. The smallest absolute Gasteiger partial charge is 0.257 e. The first-order valence-corrected chi connectivity index (χ1v) is 8.70. The Labute approximate surface area is 153 Å². The molecule has 5 nitrogen and oxygen atoms in total. The molecule has 0 radical (unpaired) electrons. The predicted octanol–water partition coefficient (Wildman–Crippen LogP) is 2.09. The lowest BCUT2D eigenvalue weighted by atomic mass is 10.1. The van der Waals surface area contributed by atoms with Gasteiger partial charge in [-0.15, -0.1) is 0 Å². The summed E-state index contributed by atoms with van der Waals surface area (Å²) in [7, 11) is 1.54. The molecule has 0 spiro atoms. The molecule has 1 aromatic heterocycles. The highest BCUT2D eigenvalue weighted by Gasteiger charge is 2.17. The summed E-state index contributed by atoms with van der Waals surface area (Å²) in [5, 5.41) is 2.47. The van der Waals surface area contributed by atoms with Gasteiger partial charge in [-0.2, -0.15) is 0 Å². The Hall–Kier alpha value is -3.00. The first-order chi connectivity index (χ1) is 12.5. The predicted molar refractivity (Wildman–Crippen MR) is 100 cm³/mol. The van der Waals surface area contributed by atoms with E-state index in [9.17, 15) is 9.59 Å². The number of carbonyl (C=O) groups excluding carboxylic acids is 1. The number of ether oxygens (including phenoxy) is 1. The van der Waals surface area contributed by atoms with Crippen molar-refractivity contribution in [1.82, 2.24) is 9.88 Å². The molecule has 2 aromatic rings. The number of carbonyl (C=O) groups is 1. The number of nitrogens with one attached hydrogen (secondary N) is 1. The van der Waals surface area contributed by atoms with E-state index in [2.05, 4.69) is 17.2 Å². The minimum Gasteiger partial charge on any atom is -0.484 e. The van der Waals surface area contributed by atoms with Crippen molar-refractivity contribution < 1.29 is 9.53 Å². The summed E-state index contributed by atoms with van der Waals surface area (Å²) in [5.41, 5.74) is 2.66. The largest absolute Gasteiger partial charge is 0.484 e. The molecular weight excluding hydrogens is 328 g/mol. The van der Waals surface area contributed by atoms with Gasteiger partial charge in [0.15, 0.2) is 6.61 Å². The third kappa shape index (κ3) is 4.76. The average Bonchev–Trinajstić information content (AvgIpc) is 3.46. The van der Waals surface area contributed by atoms with Crippen LogP contribution in [-0.4, -0.2) is 24.1 Å². The van der Waals surface area contributed by atoms with Gasteiger partial charge < -0.3 is 14.6 Å². The number of hydrogen-bond donors (Lipinski definition) is 1. The van der Waals surface area contributed by atoms with Crippen LogP contribution in [0.2, 0.25) is 0 Å². The van der Waals surface area contributed by atoms with Crippen molar-refractivity contribution in [2.75, 3.05) is 13.7 Å². The molecule has 0 unspecified atom stereocenters. The van der Waals surface area contributed by atoms with E-state index in [0.29, 0.717) is 18.2 Å². The van der Waals surface area contributed by atoms with Crippen molar-refractivity contribution in [1.29, 1.82) is 0 Å². The molecule has 1 N–H and O–H groups in total. The zero-order chi connectivity index (χ0) is 18.5. The van der Waals surface area contributed by atoms with Crippen LogP contribution in [0.1, 0.15) is 29.7 Å². The highest BCUT2D eigenvalue weighted by atomic mass is 16.5. The first kappa shape index (κ1) is 17.8. The lowest BCUT2D eigenvalue weighted by Gasteiger charge is -2.12. The van der Waals surface area contributed by atoms with E-state index in [0.717, 1.165) is 16.8 Å². The van der Waals surface area contributed by atoms with Gasteiger partial charge in [-0.1, -0.05) is 24.0 Å². The molecule has 5 heteroatoms. The fourth-order valence-electron chi connectivity index (χ4n) is 2.50. The average molecular weight is 350 g/mol. The van der Waals surface area contributed by atoms with Crippen molar-refractivity contribution in [3.63, 3.8) is 0 Å². The number of aryl methyl sites for hydroxylation is 1. The Balaban J connectivity index is 1.70. The van der Waals surface area contributed by atoms with Gasteiger partial charge in [0.05, 0.1) is 6.54 Å². The van der Waals surface area contributed by atoms with Crippen LogP contribution in [0.5, 0.6) is 5.75 Å². The van der Waals surface area contributed by atoms with E-state index in [1.807, 2.05) is 31.2 Å². The number of aromatic nitrogens is 1. The van der Waals surface area contributed by atoms with Crippen LogP contribution in [0, 0.1) is 24.7 Å². The molecule has 1 saturated carbocycles. The second kappa shape index (κ2) is 7.92. The molecule has 1 heterocycles. The summed E-state index contributed by atoms with van der Waals surface area (Å²) >= 11 is 0. The van der Waals surface area contributed by atoms with Crippen molar-refractivity contribution >= 4 is 5.91 Å². The highest BCUT2D eigenvalue weighted by molar-refractivity contribution is 5.77. The number of hydrogen-bond acceptors (Lipinski definition) is 3. The van der Waals surface area contributed by atoms with E-state index < -0.39 is 0 Å². The summed E-state index contributed by atoms with van der Waals surface area (Å²) in [6, 6.07) is 11.2. The number of amides is 1. The maximum atomic E-state index is 12.4. The van der Waals surface area contributed by atoms with Crippen LogP contribution in [0.3, 0.4) is 0 Å². The maximum Gasteiger partial charge on any atom is 0.257 e. The lowest BCUT2D eigenvalue weighted by Crippen LogP contribution is -2.26. The number of benzene rings is 1. The molecular formula is C21H22N2O3. The minimum atomic E-state index is -0.239. The number of nitrogens with zero attached hydrogens (tertiary/aromatic N) is 1. The maximum absolute atomic E-state index is 12.4. The van der Waals surface area contributed by atoms with Crippen LogP contribution >= 0.6 is 0 Å². The Morgan fingerprint density at radius 3 is 2.62 bits per heavy atom. The van der Waals surface area contributed by atoms with Crippen LogP contribution in [0.25, 0.3) is 0 Å². The highest BCUT2D eigenvalue weighted by Crippen LogP contribution is 2.27. The van der Waals surface area contributed by atoms with Crippen molar-refractivity contribution in [3.05, 3.63) is 63.6 Å². The fourth-order valence-corrected chi connectivity index (χ4v) is 2.50. The Bertz CT molecular complexity index is 913. The van der Waals surface area contributed by atoms with Crippen LogP contribution < -0.4 is 15.6 Å². The van der Waals surface area contributed by atoms with E-state index >= 15 is 0 Å². The molecule has 3 rings (SSSR count). The van der Waals surface area contributed by atoms with Gasteiger partial charge in [0.25, 0.3) is 11.5 Å². The zero-order valence-electron chi connectivity index (χ0n) is 15.0. The third-order valence-electron chi connectivity index (χ3n) is 4.25. The molecule has 0 bridgehead atoms. The third-order valence-corrected chi connectivity index (χ3v) is 4.25. The molecule has 1 aliphatic carbocycles. The normalized spacial score (nSPS) is 12.8. The topological polar surface area (TPSA) is 60.3 Å². The standard InChI is InChI=1S/C21H22N2O3/c1-15-11-19(26-14-20(24)22-2)12-21(25)23(15)13-18-9-7-17(8-10-18)6-5-16-3-4-16/h7-12,16H,3-4,13-14H2,1-2H3,(H,22,24). The summed E-state index contributed by atoms with van der Waals surface area (Å²) in [6.07, 6.45) is 2.44. The van der Waals surface area contributed by atoms with Gasteiger partial charge in [-0.05, 0) is 43.5 Å². The molecule has 26 heavy (non-hydrogen) atoms. The first-order valence-electron chi connectivity index (χ1n) is 8.70. The molecule has 1 fully saturated rings. The van der Waals surface area contributed by atoms with Gasteiger partial charge in [-0.25, -0.2) is 0 Å². The summed E-state index contributed by atoms with van der Waals surface area (Å²) in [4.78, 5) is 23.6. The van der Waals surface area contributed by atoms with Gasteiger partial charge in [0, 0.05) is 30.3 Å². The summed E-state index contributed by atoms with van der Waals surface area (Å²) in [6.45, 7) is 2.23. The Kier molecular flexibility index (Phi) is 5.43. The lowest BCUT2D eigenvalue weighted by molar-refractivity contribution is -0.122. The van der Waals surface area contributed by atoms with Crippen LogP contribution in [-0.2, 0) is 11.3 Å². The van der Waals surface area contributed by atoms with E-state index in [-0.39, 0.29) is 18.1 Å². The van der Waals surface area contributed by atoms with Gasteiger partial charge >= 0.3 is 0 Å². The van der Waals surface area contributed by atoms with Gasteiger partial charge in [-0.3, -0.25) is 9.59 Å². The fraction of sp³-hybridized carbons (Fsp3) is 0.333. The minimum absolute atomic E-state index is 0.108. The van der Waals surface area contributed by atoms with E-state index in [1.165, 1.54) is 26.0 Å². The van der Waals surface area contributed by atoms with Crippen LogP contribution in [0.4, 0.5) is 0 Å². The summed E-state index contributed by atoms with van der Waals surface area (Å²) in [5.74, 6) is 7.18. The van der Waals surface area contributed by atoms with Gasteiger partial charge in [0.1, 0.15) is 5.75 Å². The Morgan fingerprint density at radius 1 is 1.27 bits per heavy atom. The van der Waals surface area contributed by atoms with Crippen molar-refractivity contribution in [2.45, 2.75) is 26.3 Å². The van der Waals surface area contributed by atoms with E-state index in [1.54, 1.807) is 10.6 Å². The van der Waals surface area contributed by atoms with Gasteiger partial charge in [0.2, 0.25) is 0 Å². The van der Waals surface area contributed by atoms with Crippen molar-refractivity contribution in [3.8, 4) is 17.6 Å². The molecule has 134 valence electrons. The molecule has 0 atom stereocenters. The van der Waals surface area contributed by atoms with E-state index in [4.69, 9.17) is 4.74 Å². The molecule has 1 aliphatic rings.